The molecule has 0 aromatic heterocycles. The van der Waals surface area contributed by atoms with Crippen molar-refractivity contribution in [3.63, 3.8) is 0 Å². The second kappa shape index (κ2) is 3.99. The maximum atomic E-state index is 12.5. The van der Waals surface area contributed by atoms with Gasteiger partial charge >= 0.3 is 23.9 Å². The summed E-state index contributed by atoms with van der Waals surface area (Å²) in [5.41, 5.74) is 0. The minimum Gasteiger partial charge on any atom is -0.200 e. The molecule has 0 nitrogen and oxygen atoms in total. The van der Waals surface area contributed by atoms with E-state index in [1.54, 1.807) is 0 Å². The third-order valence-electron chi connectivity index (χ3n) is 1.71. The Bertz CT molecular complexity index is 239. The largest absolute Gasteiger partial charge is 0.453 e. The molecule has 97 valence electrons. The van der Waals surface area contributed by atoms with E-state index in [-0.39, 0.29) is 0 Å². The van der Waals surface area contributed by atoms with Crippen molar-refractivity contribution < 1.29 is 39.5 Å². The van der Waals surface area contributed by atoms with Crippen LogP contribution in [0, 0.1) is 6.92 Å². The number of alkyl halides is 9. The van der Waals surface area contributed by atoms with E-state index < -0.39 is 36.8 Å². The Kier molecular flexibility index (Phi) is 3.83. The lowest BCUT2D eigenvalue weighted by Gasteiger charge is -2.29. The van der Waals surface area contributed by atoms with Crippen LogP contribution in [0.1, 0.15) is 12.8 Å². The van der Waals surface area contributed by atoms with Crippen molar-refractivity contribution in [1.82, 2.24) is 0 Å². The number of rotatable bonds is 4. The van der Waals surface area contributed by atoms with Crippen molar-refractivity contribution in [2.75, 3.05) is 0 Å². The van der Waals surface area contributed by atoms with Crippen molar-refractivity contribution in [1.29, 1.82) is 0 Å². The first kappa shape index (κ1) is 15.4. The monoisotopic (exact) mass is 261 g/mol. The van der Waals surface area contributed by atoms with E-state index >= 15 is 0 Å². The number of hydrogen-bond donors (Lipinski definition) is 0. The van der Waals surface area contributed by atoms with E-state index in [0.717, 1.165) is 0 Å². The van der Waals surface area contributed by atoms with Crippen LogP contribution in [0.25, 0.3) is 0 Å². The van der Waals surface area contributed by atoms with E-state index in [2.05, 4.69) is 6.92 Å². The molecule has 0 saturated heterocycles. The summed E-state index contributed by atoms with van der Waals surface area (Å²) >= 11 is 0. The fourth-order valence-electron chi connectivity index (χ4n) is 0.691. The van der Waals surface area contributed by atoms with Gasteiger partial charge in [-0.3, -0.25) is 0 Å². The van der Waals surface area contributed by atoms with Gasteiger partial charge in [0.2, 0.25) is 0 Å². The van der Waals surface area contributed by atoms with Crippen LogP contribution in [-0.2, 0) is 0 Å². The summed E-state index contributed by atoms with van der Waals surface area (Å²) in [5.74, 6) is -16.4. The fraction of sp³-hybridized carbons (Fsp3) is 0.857. The van der Waals surface area contributed by atoms with Gasteiger partial charge in [0, 0.05) is 6.42 Å². The molecule has 0 heterocycles. The summed E-state index contributed by atoms with van der Waals surface area (Å²) in [7, 11) is 0. The first-order chi connectivity index (χ1) is 6.77. The number of halogens is 9. The van der Waals surface area contributed by atoms with Crippen LogP contribution in [0.4, 0.5) is 39.5 Å². The molecule has 0 fully saturated rings. The molecule has 0 N–H and O–H groups in total. The van der Waals surface area contributed by atoms with Crippen molar-refractivity contribution in [3.05, 3.63) is 6.92 Å². The molecule has 0 aliphatic heterocycles. The molecule has 0 aromatic carbocycles. The molecule has 1 radical (unpaired) electrons. The summed E-state index contributed by atoms with van der Waals surface area (Å²) < 4.78 is 108. The third-order valence-corrected chi connectivity index (χ3v) is 1.71. The second-order valence-corrected chi connectivity index (χ2v) is 3.04. The Morgan fingerprint density at radius 1 is 0.625 bits per heavy atom. The average Bonchev–Trinajstić information content (AvgIpc) is 1.99. The lowest BCUT2D eigenvalue weighted by molar-refractivity contribution is -0.320. The van der Waals surface area contributed by atoms with Crippen molar-refractivity contribution in [2.24, 2.45) is 0 Å². The van der Waals surface area contributed by atoms with Gasteiger partial charge in [-0.15, -0.1) is 0 Å². The summed E-state index contributed by atoms with van der Waals surface area (Å²) in [6.07, 6.45) is -11.4. The lowest BCUT2D eigenvalue weighted by Crippen LogP contribution is -2.49. The number of hydrogen-bond acceptors (Lipinski definition) is 0. The predicted octanol–water partition coefficient (Wildman–Crippen LogP) is 4.07. The Balaban J connectivity index is 4.99. The molecule has 0 saturated carbocycles. The van der Waals surface area contributed by atoms with Crippen LogP contribution >= 0.6 is 0 Å². The molecule has 0 aliphatic carbocycles. The zero-order valence-corrected chi connectivity index (χ0v) is 7.52. The molecule has 0 atom stereocenters. The van der Waals surface area contributed by atoms with E-state index in [9.17, 15) is 39.5 Å². The molecule has 0 unspecified atom stereocenters. The average molecular weight is 261 g/mol. The highest BCUT2D eigenvalue weighted by Gasteiger charge is 2.67. The van der Waals surface area contributed by atoms with Gasteiger partial charge in [-0.25, -0.2) is 0 Å². The molecule has 0 amide bonds. The Morgan fingerprint density at radius 3 is 1.25 bits per heavy atom. The highest BCUT2D eigenvalue weighted by atomic mass is 19.4. The fourth-order valence-corrected chi connectivity index (χ4v) is 0.691. The van der Waals surface area contributed by atoms with Crippen LogP contribution in [0.15, 0.2) is 0 Å². The summed E-state index contributed by atoms with van der Waals surface area (Å²) in [6, 6.07) is 0. The second-order valence-electron chi connectivity index (χ2n) is 3.04. The smallest absolute Gasteiger partial charge is 0.200 e. The highest BCUT2D eigenvalue weighted by Crippen LogP contribution is 2.48. The molecule has 0 bridgehead atoms. The van der Waals surface area contributed by atoms with Crippen LogP contribution in [0.2, 0.25) is 0 Å². The van der Waals surface area contributed by atoms with Gasteiger partial charge in [0.1, 0.15) is 0 Å². The maximum Gasteiger partial charge on any atom is 0.453 e. The minimum atomic E-state index is -6.30. The highest BCUT2D eigenvalue weighted by molar-refractivity contribution is 4.92. The van der Waals surface area contributed by atoms with Crippen LogP contribution in [0.3, 0.4) is 0 Å². The molecule has 0 spiro atoms. The first-order valence-electron chi connectivity index (χ1n) is 3.76. The zero-order chi connectivity index (χ0) is 13.4. The van der Waals surface area contributed by atoms with Crippen molar-refractivity contribution >= 4 is 0 Å². The van der Waals surface area contributed by atoms with E-state index in [4.69, 9.17) is 0 Å². The standard InChI is InChI=1S/C7H6F9/c1-2-4(8,9)5(10,11)3-6(12,13)7(14,15)16/h1-3H2. The van der Waals surface area contributed by atoms with Crippen molar-refractivity contribution in [2.45, 2.75) is 36.8 Å². The Hall–Kier alpha value is -0.630. The SMILES string of the molecule is [CH2]CC(F)(F)C(F)(F)CC(F)(F)C(F)(F)F. The van der Waals surface area contributed by atoms with E-state index in [1.165, 1.54) is 0 Å². The molecular formula is C7H6F9. The Labute approximate surface area is 84.4 Å². The minimum absolute atomic E-state index is 1.78. The van der Waals surface area contributed by atoms with Crippen LogP contribution in [-0.4, -0.2) is 23.9 Å². The molecule has 0 aliphatic rings. The molecular weight excluding hydrogens is 255 g/mol. The molecule has 0 rings (SSSR count). The van der Waals surface area contributed by atoms with Gasteiger partial charge in [0.25, 0.3) is 0 Å². The summed E-state index contributed by atoms with van der Waals surface area (Å²) in [6.45, 7) is 2.36. The molecule has 9 heteroatoms. The van der Waals surface area contributed by atoms with Crippen LogP contribution < -0.4 is 0 Å². The maximum absolute atomic E-state index is 12.5. The van der Waals surface area contributed by atoms with Crippen LogP contribution in [0.5, 0.6) is 0 Å². The molecule has 0 aromatic rings. The van der Waals surface area contributed by atoms with Gasteiger partial charge < -0.3 is 0 Å². The van der Waals surface area contributed by atoms with Crippen molar-refractivity contribution in [3.8, 4) is 0 Å². The lowest BCUT2D eigenvalue weighted by atomic mass is 10.0. The summed E-state index contributed by atoms with van der Waals surface area (Å²) in [5, 5.41) is 0. The van der Waals surface area contributed by atoms with Gasteiger partial charge in [-0.2, -0.15) is 39.5 Å². The predicted molar refractivity (Wildman–Crippen MR) is 35.5 cm³/mol. The van der Waals surface area contributed by atoms with Gasteiger partial charge in [-0.1, -0.05) is 0 Å². The quantitative estimate of drug-likeness (QED) is 0.669. The third kappa shape index (κ3) is 2.94. The zero-order valence-electron chi connectivity index (χ0n) is 7.52. The molecule has 16 heavy (non-hydrogen) atoms. The normalized spacial score (nSPS) is 15.4. The van der Waals surface area contributed by atoms with Gasteiger partial charge in [0.15, 0.2) is 0 Å². The van der Waals surface area contributed by atoms with Gasteiger partial charge in [-0.05, 0) is 6.92 Å². The van der Waals surface area contributed by atoms with Gasteiger partial charge in [0.05, 0.1) is 6.42 Å². The topological polar surface area (TPSA) is 0 Å². The summed E-state index contributed by atoms with van der Waals surface area (Å²) in [4.78, 5) is 0. The Morgan fingerprint density at radius 2 is 1.00 bits per heavy atom. The first-order valence-corrected chi connectivity index (χ1v) is 3.76. The van der Waals surface area contributed by atoms with E-state index in [0.29, 0.717) is 0 Å². The van der Waals surface area contributed by atoms with E-state index in [1.807, 2.05) is 0 Å².